The highest BCUT2D eigenvalue weighted by Crippen LogP contribution is 2.20. The first-order valence-corrected chi connectivity index (χ1v) is 7.79. The topological polar surface area (TPSA) is 24.5 Å². The highest BCUT2D eigenvalue weighted by molar-refractivity contribution is 4.86. The average molecular weight is 256 g/mol. The first-order valence-electron chi connectivity index (χ1n) is 7.79. The van der Waals surface area contributed by atoms with Gasteiger partial charge in [0.2, 0.25) is 0 Å². The summed E-state index contributed by atoms with van der Waals surface area (Å²) in [5, 5.41) is 3.52. The molecule has 1 heterocycles. The van der Waals surface area contributed by atoms with Crippen LogP contribution in [0.5, 0.6) is 0 Å². The van der Waals surface area contributed by atoms with Crippen LogP contribution in [0.15, 0.2) is 0 Å². The van der Waals surface area contributed by atoms with Gasteiger partial charge in [0, 0.05) is 25.2 Å². The minimum atomic E-state index is 0.455. The first-order chi connectivity index (χ1) is 8.76. The lowest BCUT2D eigenvalue weighted by Gasteiger charge is -2.41. The van der Waals surface area contributed by atoms with Crippen LogP contribution in [-0.2, 0) is 4.74 Å². The summed E-state index contributed by atoms with van der Waals surface area (Å²) >= 11 is 0. The van der Waals surface area contributed by atoms with Crippen molar-refractivity contribution in [3.8, 4) is 0 Å². The maximum Gasteiger partial charge on any atom is 0.0702 e. The van der Waals surface area contributed by atoms with Crippen molar-refractivity contribution in [2.45, 2.75) is 71.1 Å². The summed E-state index contributed by atoms with van der Waals surface area (Å²) in [5.74, 6) is 0. The van der Waals surface area contributed by atoms with Crippen LogP contribution in [0.1, 0.15) is 52.9 Å². The molecule has 1 aliphatic rings. The molecule has 0 aromatic rings. The highest BCUT2D eigenvalue weighted by atomic mass is 16.5. The van der Waals surface area contributed by atoms with Gasteiger partial charge in [-0.25, -0.2) is 0 Å². The smallest absolute Gasteiger partial charge is 0.0702 e. The standard InChI is InChI=1S/C15H32N2O/c1-5-9-14(16-4)15(6-2)17-11-8-10-13(12-17)18-7-3/h13-16H,5-12H2,1-4H3. The maximum atomic E-state index is 5.82. The number of rotatable bonds is 8. The molecule has 1 aliphatic heterocycles. The third kappa shape index (κ3) is 4.52. The first kappa shape index (κ1) is 15.9. The van der Waals surface area contributed by atoms with Crippen LogP contribution in [0.25, 0.3) is 0 Å². The van der Waals surface area contributed by atoms with Gasteiger partial charge in [0.25, 0.3) is 0 Å². The second kappa shape index (κ2) is 8.89. The van der Waals surface area contributed by atoms with Gasteiger partial charge in [0.05, 0.1) is 6.10 Å². The quantitative estimate of drug-likeness (QED) is 0.722. The summed E-state index contributed by atoms with van der Waals surface area (Å²) in [5.41, 5.74) is 0. The number of likely N-dealkylation sites (tertiary alicyclic amines) is 1. The number of piperidine rings is 1. The lowest BCUT2D eigenvalue weighted by molar-refractivity contribution is -0.0135. The number of likely N-dealkylation sites (N-methyl/N-ethyl adjacent to an activating group) is 1. The zero-order valence-electron chi connectivity index (χ0n) is 12.7. The van der Waals surface area contributed by atoms with E-state index in [1.165, 1.54) is 38.6 Å². The van der Waals surface area contributed by atoms with E-state index in [1.54, 1.807) is 0 Å². The predicted octanol–water partition coefficient (Wildman–Crippen LogP) is 2.65. The molecule has 0 radical (unpaired) electrons. The molecule has 0 aromatic heterocycles. The molecule has 18 heavy (non-hydrogen) atoms. The van der Waals surface area contributed by atoms with E-state index in [-0.39, 0.29) is 0 Å². The fraction of sp³-hybridized carbons (Fsp3) is 1.00. The third-order valence-electron chi connectivity index (χ3n) is 4.13. The Hall–Kier alpha value is -0.120. The number of hydrogen-bond acceptors (Lipinski definition) is 3. The summed E-state index contributed by atoms with van der Waals surface area (Å²) in [7, 11) is 2.10. The van der Waals surface area contributed by atoms with Crippen molar-refractivity contribution in [1.29, 1.82) is 0 Å². The van der Waals surface area contributed by atoms with Crippen LogP contribution in [0.4, 0.5) is 0 Å². The molecule has 0 amide bonds. The van der Waals surface area contributed by atoms with Gasteiger partial charge in [-0.05, 0) is 46.2 Å². The van der Waals surface area contributed by atoms with Crippen molar-refractivity contribution in [2.75, 3.05) is 26.7 Å². The molecule has 1 fully saturated rings. The molecule has 108 valence electrons. The Morgan fingerprint density at radius 2 is 2.11 bits per heavy atom. The predicted molar refractivity (Wildman–Crippen MR) is 78.1 cm³/mol. The van der Waals surface area contributed by atoms with E-state index in [2.05, 4.69) is 38.0 Å². The van der Waals surface area contributed by atoms with Crippen LogP contribution in [0.3, 0.4) is 0 Å². The van der Waals surface area contributed by atoms with E-state index in [1.807, 2.05) is 0 Å². The Bertz CT molecular complexity index is 209. The maximum absolute atomic E-state index is 5.82. The fourth-order valence-corrected chi connectivity index (χ4v) is 3.28. The number of nitrogens with one attached hydrogen (secondary N) is 1. The van der Waals surface area contributed by atoms with E-state index < -0.39 is 0 Å². The van der Waals surface area contributed by atoms with Gasteiger partial charge in [-0.1, -0.05) is 20.3 Å². The van der Waals surface area contributed by atoms with E-state index in [0.717, 1.165) is 13.2 Å². The normalized spacial score (nSPS) is 25.0. The zero-order chi connectivity index (χ0) is 13.4. The van der Waals surface area contributed by atoms with Crippen LogP contribution < -0.4 is 5.32 Å². The van der Waals surface area contributed by atoms with E-state index in [0.29, 0.717) is 18.2 Å². The van der Waals surface area contributed by atoms with Crippen molar-refractivity contribution in [1.82, 2.24) is 10.2 Å². The molecule has 1 saturated heterocycles. The Labute approximate surface area is 113 Å². The van der Waals surface area contributed by atoms with Crippen molar-refractivity contribution < 1.29 is 4.74 Å². The number of hydrogen-bond donors (Lipinski definition) is 1. The van der Waals surface area contributed by atoms with Crippen molar-refractivity contribution in [3.63, 3.8) is 0 Å². The summed E-state index contributed by atoms with van der Waals surface area (Å²) in [6.45, 7) is 9.90. The van der Waals surface area contributed by atoms with Crippen LogP contribution in [-0.4, -0.2) is 49.8 Å². The minimum absolute atomic E-state index is 0.455. The molecule has 0 aromatic carbocycles. The Morgan fingerprint density at radius 3 is 2.67 bits per heavy atom. The Morgan fingerprint density at radius 1 is 1.33 bits per heavy atom. The molecule has 0 bridgehead atoms. The summed E-state index contributed by atoms with van der Waals surface area (Å²) in [6.07, 6.45) is 6.72. The van der Waals surface area contributed by atoms with Gasteiger partial charge in [-0.15, -0.1) is 0 Å². The van der Waals surface area contributed by atoms with Crippen LogP contribution >= 0.6 is 0 Å². The van der Waals surface area contributed by atoms with Gasteiger partial charge in [0.1, 0.15) is 0 Å². The molecule has 3 nitrogen and oxygen atoms in total. The highest BCUT2D eigenvalue weighted by Gasteiger charge is 2.29. The van der Waals surface area contributed by atoms with Gasteiger partial charge >= 0.3 is 0 Å². The minimum Gasteiger partial charge on any atom is -0.377 e. The molecule has 3 unspecified atom stereocenters. The van der Waals surface area contributed by atoms with E-state index in [4.69, 9.17) is 4.74 Å². The largest absolute Gasteiger partial charge is 0.377 e. The average Bonchev–Trinajstić information content (AvgIpc) is 2.39. The van der Waals surface area contributed by atoms with Gasteiger partial charge < -0.3 is 10.1 Å². The lowest BCUT2D eigenvalue weighted by Crippen LogP contribution is -2.53. The molecule has 0 saturated carbocycles. The molecule has 1 N–H and O–H groups in total. The Balaban J connectivity index is 2.56. The third-order valence-corrected chi connectivity index (χ3v) is 4.13. The number of nitrogens with zero attached hydrogens (tertiary/aromatic N) is 1. The summed E-state index contributed by atoms with van der Waals surface area (Å²) in [4.78, 5) is 2.65. The molecule has 3 atom stereocenters. The van der Waals surface area contributed by atoms with Crippen molar-refractivity contribution in [3.05, 3.63) is 0 Å². The molecule has 0 aliphatic carbocycles. The number of ether oxygens (including phenoxy) is 1. The molecular formula is C15H32N2O. The molecule has 3 heteroatoms. The van der Waals surface area contributed by atoms with Crippen molar-refractivity contribution >= 4 is 0 Å². The monoisotopic (exact) mass is 256 g/mol. The Kier molecular flexibility index (Phi) is 7.87. The lowest BCUT2D eigenvalue weighted by atomic mass is 9.96. The molecule has 1 rings (SSSR count). The zero-order valence-corrected chi connectivity index (χ0v) is 12.7. The summed E-state index contributed by atoms with van der Waals surface area (Å²) < 4.78 is 5.82. The van der Waals surface area contributed by atoms with E-state index in [9.17, 15) is 0 Å². The van der Waals surface area contributed by atoms with Crippen LogP contribution in [0, 0.1) is 0 Å². The summed E-state index contributed by atoms with van der Waals surface area (Å²) in [6, 6.07) is 1.29. The fourth-order valence-electron chi connectivity index (χ4n) is 3.28. The van der Waals surface area contributed by atoms with E-state index >= 15 is 0 Å². The van der Waals surface area contributed by atoms with Crippen LogP contribution in [0.2, 0.25) is 0 Å². The van der Waals surface area contributed by atoms with Crippen molar-refractivity contribution in [2.24, 2.45) is 0 Å². The van der Waals surface area contributed by atoms with Gasteiger partial charge in [-0.2, -0.15) is 0 Å². The molecular weight excluding hydrogens is 224 g/mol. The second-order valence-corrected chi connectivity index (χ2v) is 5.37. The molecule has 0 spiro atoms. The second-order valence-electron chi connectivity index (χ2n) is 5.37. The van der Waals surface area contributed by atoms with Gasteiger partial charge in [-0.3, -0.25) is 4.90 Å². The van der Waals surface area contributed by atoms with Gasteiger partial charge in [0.15, 0.2) is 0 Å². The SMILES string of the molecule is CCCC(NC)C(CC)N1CCCC(OCC)C1.